The standard InChI is InChI=1S/C30H40N4O4/c1-2-31-25-17-23(18-26(19-25)34-15-9-14-29(34)36)30(37)33-27(16-22-10-5-3-6-11-22)28(38-21-35)20-32-24-12-7-4-8-13-24/h3,5-6,10-11,17-19,21,24,27-28,31-32H,2,4,7-9,12-16,20H2,1H3,(H,33,37)/t27-,28+/m0/s1. The molecule has 8 heteroatoms. The predicted octanol–water partition coefficient (Wildman–Crippen LogP) is 4.05. The fourth-order valence-electron chi connectivity index (χ4n) is 5.47. The summed E-state index contributed by atoms with van der Waals surface area (Å²) in [5.41, 5.74) is 3.01. The number of amides is 2. The van der Waals surface area contributed by atoms with Crippen LogP contribution in [0.3, 0.4) is 0 Å². The molecule has 1 saturated heterocycles. The third kappa shape index (κ3) is 7.57. The quantitative estimate of drug-likeness (QED) is 0.345. The molecular formula is C30H40N4O4. The van der Waals surface area contributed by atoms with Gasteiger partial charge in [-0.1, -0.05) is 49.6 Å². The average molecular weight is 521 g/mol. The summed E-state index contributed by atoms with van der Waals surface area (Å²) in [6.07, 6.45) is 7.19. The van der Waals surface area contributed by atoms with Gasteiger partial charge >= 0.3 is 0 Å². The van der Waals surface area contributed by atoms with Gasteiger partial charge in [-0.3, -0.25) is 14.4 Å². The topological polar surface area (TPSA) is 99.8 Å². The molecule has 8 nitrogen and oxygen atoms in total. The van der Waals surface area contributed by atoms with Gasteiger partial charge in [0.15, 0.2) is 0 Å². The maximum atomic E-state index is 13.7. The summed E-state index contributed by atoms with van der Waals surface area (Å²) in [7, 11) is 0. The molecule has 3 N–H and O–H groups in total. The van der Waals surface area contributed by atoms with Crippen molar-refractivity contribution in [3.05, 3.63) is 59.7 Å². The number of nitrogens with one attached hydrogen (secondary N) is 3. The molecule has 0 aromatic heterocycles. The lowest BCUT2D eigenvalue weighted by Crippen LogP contribution is -2.51. The largest absolute Gasteiger partial charge is 0.461 e. The lowest BCUT2D eigenvalue weighted by atomic mass is 9.94. The van der Waals surface area contributed by atoms with Crippen molar-refractivity contribution >= 4 is 29.7 Å². The number of carbonyl (C=O) groups is 3. The van der Waals surface area contributed by atoms with Crippen molar-refractivity contribution < 1.29 is 19.1 Å². The molecule has 2 aromatic rings. The summed E-state index contributed by atoms with van der Waals surface area (Å²) in [5.74, 6) is -0.198. The zero-order valence-electron chi connectivity index (χ0n) is 22.3. The van der Waals surface area contributed by atoms with Gasteiger partial charge in [0, 0.05) is 49.0 Å². The highest BCUT2D eigenvalue weighted by atomic mass is 16.5. The van der Waals surface area contributed by atoms with Crippen molar-refractivity contribution in [2.45, 2.75) is 76.5 Å². The van der Waals surface area contributed by atoms with Crippen molar-refractivity contribution in [3.8, 4) is 0 Å². The Morgan fingerprint density at radius 1 is 1.11 bits per heavy atom. The van der Waals surface area contributed by atoms with Crippen molar-refractivity contribution in [3.63, 3.8) is 0 Å². The highest BCUT2D eigenvalue weighted by Crippen LogP contribution is 2.27. The van der Waals surface area contributed by atoms with E-state index >= 15 is 0 Å². The SMILES string of the molecule is CCNc1cc(C(=O)N[C@@H](Cc2ccccc2)[C@@H](CNC2CCCCC2)OC=O)cc(N2CCCC2=O)c1. The highest BCUT2D eigenvalue weighted by molar-refractivity contribution is 6.00. The fraction of sp³-hybridized carbons (Fsp3) is 0.500. The van der Waals surface area contributed by atoms with Crippen LogP contribution < -0.4 is 20.9 Å². The molecule has 38 heavy (non-hydrogen) atoms. The molecule has 2 fully saturated rings. The van der Waals surface area contributed by atoms with E-state index in [1.54, 1.807) is 17.0 Å². The van der Waals surface area contributed by atoms with Crippen LogP contribution in [0.2, 0.25) is 0 Å². The van der Waals surface area contributed by atoms with E-state index in [2.05, 4.69) is 16.0 Å². The van der Waals surface area contributed by atoms with E-state index in [4.69, 9.17) is 4.74 Å². The Kier molecular flexibility index (Phi) is 10.1. The molecule has 1 saturated carbocycles. The van der Waals surface area contributed by atoms with Gasteiger partial charge in [0.05, 0.1) is 6.04 Å². The van der Waals surface area contributed by atoms with Gasteiger partial charge in [-0.05, 0) is 56.4 Å². The lowest BCUT2D eigenvalue weighted by Gasteiger charge is -2.30. The Hall–Kier alpha value is -3.39. The van der Waals surface area contributed by atoms with Crippen molar-refractivity contribution in [2.75, 3.05) is 29.9 Å². The second kappa shape index (κ2) is 14.0. The lowest BCUT2D eigenvalue weighted by molar-refractivity contribution is -0.134. The van der Waals surface area contributed by atoms with Gasteiger partial charge in [0.25, 0.3) is 12.4 Å². The van der Waals surface area contributed by atoms with E-state index in [1.165, 1.54) is 19.3 Å². The summed E-state index contributed by atoms with van der Waals surface area (Å²) in [4.78, 5) is 39.3. The van der Waals surface area contributed by atoms with Crippen molar-refractivity contribution in [1.29, 1.82) is 0 Å². The first-order valence-corrected chi connectivity index (χ1v) is 13.9. The predicted molar refractivity (Wildman–Crippen MR) is 149 cm³/mol. The molecule has 2 aromatic carbocycles. The summed E-state index contributed by atoms with van der Waals surface area (Å²) < 4.78 is 5.56. The van der Waals surface area contributed by atoms with Gasteiger partial charge in [-0.25, -0.2) is 0 Å². The number of carbonyl (C=O) groups excluding carboxylic acids is 3. The number of hydrogen-bond acceptors (Lipinski definition) is 6. The van der Waals surface area contributed by atoms with Crippen LogP contribution in [-0.2, 0) is 20.7 Å². The van der Waals surface area contributed by atoms with Crippen LogP contribution in [0.15, 0.2) is 48.5 Å². The summed E-state index contributed by atoms with van der Waals surface area (Å²) in [5, 5.41) is 10.0. The minimum Gasteiger partial charge on any atom is -0.461 e. The van der Waals surface area contributed by atoms with Crippen LogP contribution in [0.4, 0.5) is 11.4 Å². The molecule has 1 heterocycles. The Balaban J connectivity index is 1.56. The molecule has 2 aliphatic rings. The zero-order valence-corrected chi connectivity index (χ0v) is 22.3. The molecule has 2 atom stereocenters. The normalized spacial score (nSPS) is 17.6. The van der Waals surface area contributed by atoms with E-state index in [0.717, 1.165) is 36.2 Å². The first-order chi connectivity index (χ1) is 18.6. The summed E-state index contributed by atoms with van der Waals surface area (Å²) in [6, 6.07) is 15.3. The molecule has 0 spiro atoms. The molecule has 0 bridgehead atoms. The molecular weight excluding hydrogens is 480 g/mol. The maximum absolute atomic E-state index is 13.7. The minimum absolute atomic E-state index is 0.0696. The summed E-state index contributed by atoms with van der Waals surface area (Å²) in [6.45, 7) is 4.27. The molecule has 1 aliphatic carbocycles. The average Bonchev–Trinajstić information content (AvgIpc) is 3.37. The van der Waals surface area contributed by atoms with E-state index in [1.807, 2.05) is 43.3 Å². The first-order valence-electron chi connectivity index (χ1n) is 13.9. The molecule has 4 rings (SSSR count). The molecule has 0 unspecified atom stereocenters. The third-order valence-corrected chi connectivity index (χ3v) is 7.45. The maximum Gasteiger partial charge on any atom is 0.293 e. The van der Waals surface area contributed by atoms with Crippen molar-refractivity contribution in [2.24, 2.45) is 0 Å². The molecule has 1 aliphatic heterocycles. The summed E-state index contributed by atoms with van der Waals surface area (Å²) >= 11 is 0. The van der Waals surface area contributed by atoms with E-state index in [0.29, 0.717) is 50.6 Å². The van der Waals surface area contributed by atoms with E-state index < -0.39 is 12.1 Å². The fourth-order valence-corrected chi connectivity index (χ4v) is 5.47. The van der Waals surface area contributed by atoms with Crippen LogP contribution in [0, 0.1) is 0 Å². The van der Waals surface area contributed by atoms with Crippen LogP contribution in [0.25, 0.3) is 0 Å². The van der Waals surface area contributed by atoms with E-state index in [-0.39, 0.29) is 11.8 Å². The number of nitrogens with zero attached hydrogens (tertiary/aromatic N) is 1. The number of benzene rings is 2. The van der Waals surface area contributed by atoms with Crippen molar-refractivity contribution in [1.82, 2.24) is 10.6 Å². The van der Waals surface area contributed by atoms with Crippen LogP contribution in [-0.4, -0.2) is 56.1 Å². The van der Waals surface area contributed by atoms with Crippen LogP contribution in [0.1, 0.15) is 67.8 Å². The Labute approximate surface area is 225 Å². The molecule has 0 radical (unpaired) electrons. The smallest absolute Gasteiger partial charge is 0.293 e. The minimum atomic E-state index is -0.532. The Morgan fingerprint density at radius 2 is 1.89 bits per heavy atom. The van der Waals surface area contributed by atoms with Gasteiger partial charge in [0.2, 0.25) is 5.91 Å². The molecule has 2 amide bonds. The number of ether oxygens (including phenoxy) is 1. The number of rotatable bonds is 13. The Morgan fingerprint density at radius 3 is 2.58 bits per heavy atom. The third-order valence-electron chi connectivity index (χ3n) is 7.45. The van der Waals surface area contributed by atoms with Gasteiger partial charge in [0.1, 0.15) is 6.10 Å². The van der Waals surface area contributed by atoms with Crippen LogP contribution >= 0.6 is 0 Å². The number of anilines is 2. The Bertz CT molecular complexity index is 1070. The highest BCUT2D eigenvalue weighted by Gasteiger charge is 2.28. The van der Waals surface area contributed by atoms with Gasteiger partial charge in [-0.2, -0.15) is 0 Å². The monoisotopic (exact) mass is 520 g/mol. The molecule has 204 valence electrons. The zero-order chi connectivity index (χ0) is 26.7. The second-order valence-corrected chi connectivity index (χ2v) is 10.2. The van der Waals surface area contributed by atoms with Gasteiger partial charge in [-0.15, -0.1) is 0 Å². The van der Waals surface area contributed by atoms with E-state index in [9.17, 15) is 14.4 Å². The van der Waals surface area contributed by atoms with Gasteiger partial charge < -0.3 is 25.6 Å². The first kappa shape index (κ1) is 27.6. The number of hydrogen-bond donors (Lipinski definition) is 3. The van der Waals surface area contributed by atoms with Crippen LogP contribution in [0.5, 0.6) is 0 Å². The second-order valence-electron chi connectivity index (χ2n) is 10.2.